The standard InChI is InChI=1S/C12H19NO2S.C2H6/c1-4-5-6-7-12-8-9-13(11(2)10-12)16(3,14)15;1-2/h4-8,11H,9-10H2,1-3H3;1-2H3/b5-4-,7-6-;. The van der Waals surface area contributed by atoms with Gasteiger partial charge in [-0.15, -0.1) is 0 Å². The lowest BCUT2D eigenvalue weighted by Crippen LogP contribution is -2.40. The van der Waals surface area contributed by atoms with Crippen molar-refractivity contribution in [1.29, 1.82) is 0 Å². The molecule has 0 saturated heterocycles. The fourth-order valence-corrected chi connectivity index (χ4v) is 2.88. The minimum absolute atomic E-state index is 0.0465. The summed E-state index contributed by atoms with van der Waals surface area (Å²) in [7, 11) is -3.07. The highest BCUT2D eigenvalue weighted by Gasteiger charge is 2.25. The lowest BCUT2D eigenvalue weighted by molar-refractivity contribution is 0.350. The molecule has 1 unspecified atom stereocenters. The SMILES string of the molecule is C/C=C\C=C/C1=CCN(S(C)(=O)=O)C(C)C1.CC. The maximum Gasteiger partial charge on any atom is 0.211 e. The number of nitrogens with zero attached hydrogens (tertiary/aromatic N) is 1. The molecule has 4 heteroatoms. The minimum Gasteiger partial charge on any atom is -0.212 e. The molecule has 18 heavy (non-hydrogen) atoms. The minimum atomic E-state index is -3.07. The Labute approximate surface area is 112 Å². The van der Waals surface area contributed by atoms with E-state index in [1.54, 1.807) is 0 Å². The maximum atomic E-state index is 11.4. The molecule has 1 aliphatic heterocycles. The smallest absolute Gasteiger partial charge is 0.211 e. The molecule has 1 atom stereocenters. The van der Waals surface area contributed by atoms with Gasteiger partial charge in [0.05, 0.1) is 6.26 Å². The Hall–Kier alpha value is -0.870. The molecule has 104 valence electrons. The van der Waals surface area contributed by atoms with E-state index in [1.165, 1.54) is 16.1 Å². The second kappa shape index (κ2) is 8.27. The first-order chi connectivity index (χ1) is 8.45. The van der Waals surface area contributed by atoms with E-state index in [0.717, 1.165) is 6.42 Å². The Morgan fingerprint density at radius 1 is 1.33 bits per heavy atom. The van der Waals surface area contributed by atoms with Crippen LogP contribution < -0.4 is 0 Å². The predicted octanol–water partition coefficient (Wildman–Crippen LogP) is 3.13. The highest BCUT2D eigenvalue weighted by atomic mass is 32.2. The van der Waals surface area contributed by atoms with Gasteiger partial charge in [-0.05, 0) is 25.8 Å². The number of allylic oxidation sites excluding steroid dienone is 4. The van der Waals surface area contributed by atoms with Crippen molar-refractivity contribution in [2.24, 2.45) is 0 Å². The molecule has 0 aliphatic carbocycles. The Balaban J connectivity index is 0.00000137. The number of rotatable bonds is 3. The molecule has 0 aromatic rings. The van der Waals surface area contributed by atoms with E-state index >= 15 is 0 Å². The summed E-state index contributed by atoms with van der Waals surface area (Å²) in [5, 5.41) is 0. The van der Waals surface area contributed by atoms with Crippen molar-refractivity contribution in [3.05, 3.63) is 36.0 Å². The molecule has 0 bridgehead atoms. The van der Waals surface area contributed by atoms with E-state index in [9.17, 15) is 8.42 Å². The molecular weight excluding hydrogens is 246 g/mol. The van der Waals surface area contributed by atoms with Gasteiger partial charge in [-0.25, -0.2) is 8.42 Å². The van der Waals surface area contributed by atoms with Crippen molar-refractivity contribution >= 4 is 10.0 Å². The third-order valence-corrected chi connectivity index (χ3v) is 3.96. The van der Waals surface area contributed by atoms with Gasteiger partial charge in [0, 0.05) is 12.6 Å². The van der Waals surface area contributed by atoms with E-state index in [4.69, 9.17) is 0 Å². The quantitative estimate of drug-likeness (QED) is 0.740. The molecule has 0 saturated carbocycles. The summed E-state index contributed by atoms with van der Waals surface area (Å²) >= 11 is 0. The summed E-state index contributed by atoms with van der Waals surface area (Å²) < 4.78 is 24.4. The fraction of sp³-hybridized carbons (Fsp3) is 0.571. The van der Waals surface area contributed by atoms with Crippen LogP contribution >= 0.6 is 0 Å². The van der Waals surface area contributed by atoms with Gasteiger partial charge in [0.25, 0.3) is 0 Å². The summed E-state index contributed by atoms with van der Waals surface area (Å²) in [4.78, 5) is 0. The maximum absolute atomic E-state index is 11.4. The molecule has 0 radical (unpaired) electrons. The van der Waals surface area contributed by atoms with Crippen LogP contribution in [-0.4, -0.2) is 31.6 Å². The second-order valence-corrected chi connectivity index (χ2v) is 5.98. The summed E-state index contributed by atoms with van der Waals surface area (Å²) in [6, 6.07) is 0.0465. The summed E-state index contributed by atoms with van der Waals surface area (Å²) in [6.45, 7) is 8.39. The van der Waals surface area contributed by atoms with Gasteiger partial charge in [0.1, 0.15) is 0 Å². The van der Waals surface area contributed by atoms with Crippen molar-refractivity contribution in [1.82, 2.24) is 4.31 Å². The Morgan fingerprint density at radius 2 is 1.94 bits per heavy atom. The van der Waals surface area contributed by atoms with Crippen molar-refractivity contribution in [2.75, 3.05) is 12.8 Å². The van der Waals surface area contributed by atoms with Crippen molar-refractivity contribution in [2.45, 2.75) is 40.2 Å². The first kappa shape index (κ1) is 17.1. The average Bonchev–Trinajstić information content (AvgIpc) is 2.30. The van der Waals surface area contributed by atoms with Gasteiger partial charge < -0.3 is 0 Å². The summed E-state index contributed by atoms with van der Waals surface area (Å²) in [6.07, 6.45) is 12.0. The summed E-state index contributed by atoms with van der Waals surface area (Å²) in [5.41, 5.74) is 1.20. The van der Waals surface area contributed by atoms with Crippen molar-refractivity contribution in [3.8, 4) is 0 Å². The molecule has 0 aromatic carbocycles. The number of sulfonamides is 1. The Bertz CT molecular complexity index is 419. The highest BCUT2D eigenvalue weighted by molar-refractivity contribution is 7.88. The molecule has 1 aliphatic rings. The van der Waals surface area contributed by atoms with Crippen molar-refractivity contribution < 1.29 is 8.42 Å². The topological polar surface area (TPSA) is 37.4 Å². The zero-order valence-corrected chi connectivity index (χ0v) is 12.9. The van der Waals surface area contributed by atoms with Crippen LogP contribution in [-0.2, 0) is 10.0 Å². The summed E-state index contributed by atoms with van der Waals surface area (Å²) in [5.74, 6) is 0. The molecule has 0 fully saturated rings. The zero-order chi connectivity index (χ0) is 14.2. The van der Waals surface area contributed by atoms with E-state index < -0.39 is 10.0 Å². The predicted molar refractivity (Wildman–Crippen MR) is 79.0 cm³/mol. The van der Waals surface area contributed by atoms with E-state index in [1.807, 2.05) is 58.1 Å². The first-order valence-electron chi connectivity index (χ1n) is 6.40. The lowest BCUT2D eigenvalue weighted by Gasteiger charge is -2.30. The van der Waals surface area contributed by atoms with E-state index in [-0.39, 0.29) is 6.04 Å². The Kier molecular flexibility index (Phi) is 7.87. The van der Waals surface area contributed by atoms with Gasteiger partial charge in [-0.1, -0.05) is 44.2 Å². The average molecular weight is 271 g/mol. The molecular formula is C14H25NO2S. The van der Waals surface area contributed by atoms with Gasteiger partial charge in [0.15, 0.2) is 0 Å². The van der Waals surface area contributed by atoms with Crippen LogP contribution in [0.5, 0.6) is 0 Å². The van der Waals surface area contributed by atoms with Crippen LogP contribution in [0.2, 0.25) is 0 Å². The first-order valence-corrected chi connectivity index (χ1v) is 8.25. The fourth-order valence-electron chi connectivity index (χ4n) is 1.80. The molecule has 0 amide bonds. The van der Waals surface area contributed by atoms with Crippen LogP contribution in [0.25, 0.3) is 0 Å². The van der Waals surface area contributed by atoms with Gasteiger partial charge in [-0.3, -0.25) is 0 Å². The molecule has 0 aromatic heterocycles. The third kappa shape index (κ3) is 5.65. The second-order valence-electron chi connectivity index (χ2n) is 4.05. The molecule has 1 heterocycles. The third-order valence-electron chi connectivity index (χ3n) is 2.60. The van der Waals surface area contributed by atoms with Crippen LogP contribution in [0.15, 0.2) is 36.0 Å². The molecule has 0 spiro atoms. The lowest BCUT2D eigenvalue weighted by atomic mass is 10.0. The van der Waals surface area contributed by atoms with Crippen molar-refractivity contribution in [3.63, 3.8) is 0 Å². The van der Waals surface area contributed by atoms with Gasteiger partial charge in [0.2, 0.25) is 10.0 Å². The van der Waals surface area contributed by atoms with Crippen LogP contribution in [0.3, 0.4) is 0 Å². The van der Waals surface area contributed by atoms with E-state index in [0.29, 0.717) is 6.54 Å². The van der Waals surface area contributed by atoms with Gasteiger partial charge in [-0.2, -0.15) is 4.31 Å². The monoisotopic (exact) mass is 271 g/mol. The largest absolute Gasteiger partial charge is 0.212 e. The zero-order valence-electron chi connectivity index (χ0n) is 12.1. The normalized spacial score (nSPS) is 21.8. The highest BCUT2D eigenvalue weighted by Crippen LogP contribution is 2.20. The number of hydrogen-bond acceptors (Lipinski definition) is 2. The van der Waals surface area contributed by atoms with Gasteiger partial charge >= 0.3 is 0 Å². The molecule has 0 N–H and O–H groups in total. The molecule has 1 rings (SSSR count). The van der Waals surface area contributed by atoms with E-state index in [2.05, 4.69) is 0 Å². The molecule has 3 nitrogen and oxygen atoms in total. The van der Waals surface area contributed by atoms with Crippen LogP contribution in [0, 0.1) is 0 Å². The van der Waals surface area contributed by atoms with Crippen LogP contribution in [0.1, 0.15) is 34.1 Å². The number of hydrogen-bond donors (Lipinski definition) is 0. The Morgan fingerprint density at radius 3 is 2.39 bits per heavy atom. The van der Waals surface area contributed by atoms with Crippen LogP contribution in [0.4, 0.5) is 0 Å².